The van der Waals surface area contributed by atoms with E-state index in [0.29, 0.717) is 41.0 Å². The van der Waals surface area contributed by atoms with Gasteiger partial charge in [-0.2, -0.15) is 0 Å². The maximum atomic E-state index is 12.1. The first kappa shape index (κ1) is 15.8. The average Bonchev–Trinajstić information content (AvgIpc) is 2.47. The van der Waals surface area contributed by atoms with E-state index in [1.54, 1.807) is 18.2 Å². The molecule has 1 aliphatic carbocycles. The van der Waals surface area contributed by atoms with Gasteiger partial charge in [-0.1, -0.05) is 0 Å². The van der Waals surface area contributed by atoms with Gasteiger partial charge in [0.05, 0.1) is 11.5 Å². The molecule has 0 bridgehead atoms. The molecule has 1 amide bonds. The Morgan fingerprint density at radius 2 is 1.95 bits per heavy atom. The van der Waals surface area contributed by atoms with E-state index in [0.717, 1.165) is 12.8 Å². The highest BCUT2D eigenvalue weighted by atomic mass is 79.9. The van der Waals surface area contributed by atoms with E-state index in [2.05, 4.69) is 21.2 Å². The number of benzene rings is 1. The molecule has 0 heterocycles. The number of rotatable bonds is 4. The van der Waals surface area contributed by atoms with Crippen molar-refractivity contribution >= 4 is 33.5 Å². The zero-order chi connectivity index (χ0) is 15.4. The topological polar surface area (TPSA) is 92.4 Å². The summed E-state index contributed by atoms with van der Waals surface area (Å²) in [7, 11) is 0. The lowest BCUT2D eigenvalue weighted by Crippen LogP contribution is -2.32. The molecule has 0 unspecified atom stereocenters. The molecule has 1 fully saturated rings. The fourth-order valence-corrected chi connectivity index (χ4v) is 3.09. The molecule has 1 saturated carbocycles. The summed E-state index contributed by atoms with van der Waals surface area (Å²) in [4.78, 5) is 23.0. The smallest absolute Gasteiger partial charge is 0.306 e. The van der Waals surface area contributed by atoms with Gasteiger partial charge in [-0.15, -0.1) is 0 Å². The number of amides is 1. The average molecular weight is 355 g/mol. The van der Waals surface area contributed by atoms with E-state index in [4.69, 9.17) is 10.8 Å². The predicted octanol–water partition coefficient (Wildman–Crippen LogP) is 2.65. The van der Waals surface area contributed by atoms with Crippen molar-refractivity contribution in [2.24, 2.45) is 11.8 Å². The minimum Gasteiger partial charge on any atom is -0.481 e. The number of aliphatic carboxylic acids is 1. The summed E-state index contributed by atoms with van der Waals surface area (Å²) in [5.74, 6) is -0.736. The molecule has 21 heavy (non-hydrogen) atoms. The van der Waals surface area contributed by atoms with Gasteiger partial charge in [0.2, 0.25) is 0 Å². The zero-order valence-electron chi connectivity index (χ0n) is 11.6. The van der Waals surface area contributed by atoms with E-state index in [9.17, 15) is 9.59 Å². The number of nitrogens with two attached hydrogens (primary N) is 1. The van der Waals surface area contributed by atoms with Crippen LogP contribution in [-0.2, 0) is 4.79 Å². The van der Waals surface area contributed by atoms with Crippen LogP contribution in [-0.4, -0.2) is 23.5 Å². The van der Waals surface area contributed by atoms with Gasteiger partial charge in [0, 0.05) is 16.7 Å². The van der Waals surface area contributed by atoms with E-state index < -0.39 is 5.97 Å². The van der Waals surface area contributed by atoms with Crippen LogP contribution in [0.2, 0.25) is 0 Å². The number of nitrogen functional groups attached to an aromatic ring is 1. The molecule has 0 aromatic heterocycles. The first-order valence-corrected chi connectivity index (χ1v) is 7.82. The van der Waals surface area contributed by atoms with Crippen LogP contribution >= 0.6 is 15.9 Å². The van der Waals surface area contributed by atoms with Crippen LogP contribution in [0.4, 0.5) is 5.69 Å². The molecule has 0 radical (unpaired) electrons. The summed E-state index contributed by atoms with van der Waals surface area (Å²) in [5, 5.41) is 11.9. The molecule has 0 saturated heterocycles. The van der Waals surface area contributed by atoms with E-state index >= 15 is 0 Å². The second-order valence-electron chi connectivity index (χ2n) is 5.51. The Morgan fingerprint density at radius 1 is 1.29 bits per heavy atom. The number of anilines is 1. The van der Waals surface area contributed by atoms with Gasteiger partial charge in [-0.05, 0) is 65.7 Å². The van der Waals surface area contributed by atoms with Crippen molar-refractivity contribution in [2.45, 2.75) is 25.7 Å². The fourth-order valence-electron chi connectivity index (χ4n) is 2.66. The minimum atomic E-state index is -0.707. The largest absolute Gasteiger partial charge is 0.481 e. The van der Waals surface area contributed by atoms with Crippen molar-refractivity contribution in [3.63, 3.8) is 0 Å². The number of halogens is 1. The molecule has 0 aliphatic heterocycles. The summed E-state index contributed by atoms with van der Waals surface area (Å²) in [6.45, 7) is 0.576. The highest BCUT2D eigenvalue weighted by Gasteiger charge is 2.26. The van der Waals surface area contributed by atoms with Gasteiger partial charge < -0.3 is 16.2 Å². The number of hydrogen-bond acceptors (Lipinski definition) is 3. The van der Waals surface area contributed by atoms with Crippen molar-refractivity contribution in [3.8, 4) is 0 Å². The summed E-state index contributed by atoms with van der Waals surface area (Å²) in [5.41, 5.74) is 6.76. The molecule has 4 N–H and O–H groups in total. The number of carboxylic acid groups (broad SMARTS) is 1. The molecule has 0 spiro atoms. The quantitative estimate of drug-likeness (QED) is 0.724. The van der Waals surface area contributed by atoms with Crippen molar-refractivity contribution in [1.29, 1.82) is 0 Å². The summed E-state index contributed by atoms with van der Waals surface area (Å²) >= 11 is 3.34. The molecular weight excluding hydrogens is 336 g/mol. The monoisotopic (exact) mass is 354 g/mol. The van der Waals surface area contributed by atoms with Crippen molar-refractivity contribution in [3.05, 3.63) is 28.2 Å². The molecule has 114 valence electrons. The second-order valence-corrected chi connectivity index (χ2v) is 6.36. The summed E-state index contributed by atoms with van der Waals surface area (Å²) < 4.78 is 0.712. The third-order valence-electron chi connectivity index (χ3n) is 3.98. The van der Waals surface area contributed by atoms with E-state index in [1.165, 1.54) is 0 Å². The van der Waals surface area contributed by atoms with Crippen LogP contribution in [0.5, 0.6) is 0 Å². The normalized spacial score (nSPS) is 21.8. The number of carbonyl (C=O) groups excluding carboxylic acids is 1. The Bertz CT molecular complexity index is 540. The number of carbonyl (C=O) groups is 2. The number of hydrogen-bond donors (Lipinski definition) is 3. The standard InChI is InChI=1S/C15H19BrN2O3/c16-13-6-5-11(17)7-12(13)14(19)18-8-9-1-3-10(4-2-9)15(20)21/h5-7,9-10H,1-4,8,17H2,(H,18,19)(H,20,21). The summed E-state index contributed by atoms with van der Waals surface area (Å²) in [6.07, 6.45) is 3.07. The second kappa shape index (κ2) is 6.93. The van der Waals surface area contributed by atoms with E-state index in [-0.39, 0.29) is 11.8 Å². The van der Waals surface area contributed by atoms with Gasteiger partial charge in [-0.25, -0.2) is 0 Å². The van der Waals surface area contributed by atoms with Gasteiger partial charge in [0.1, 0.15) is 0 Å². The molecule has 5 nitrogen and oxygen atoms in total. The van der Waals surface area contributed by atoms with Crippen LogP contribution in [0.15, 0.2) is 22.7 Å². The van der Waals surface area contributed by atoms with Crippen LogP contribution < -0.4 is 11.1 Å². The minimum absolute atomic E-state index is 0.158. The molecule has 1 aliphatic rings. The van der Waals surface area contributed by atoms with E-state index in [1.807, 2.05) is 0 Å². The highest BCUT2D eigenvalue weighted by molar-refractivity contribution is 9.10. The van der Waals surface area contributed by atoms with Gasteiger partial charge >= 0.3 is 5.97 Å². The lowest BCUT2D eigenvalue weighted by molar-refractivity contribution is -0.143. The maximum absolute atomic E-state index is 12.1. The predicted molar refractivity (Wildman–Crippen MR) is 84.0 cm³/mol. The SMILES string of the molecule is Nc1ccc(Br)c(C(=O)NCC2CCC(C(=O)O)CC2)c1. The molecule has 1 aromatic carbocycles. The molecule has 2 rings (SSSR count). The Hall–Kier alpha value is -1.56. The van der Waals surface area contributed by atoms with Crippen LogP contribution in [0.3, 0.4) is 0 Å². The lowest BCUT2D eigenvalue weighted by atomic mass is 9.82. The summed E-state index contributed by atoms with van der Waals surface area (Å²) in [6, 6.07) is 5.12. The van der Waals surface area contributed by atoms with Crippen molar-refractivity contribution < 1.29 is 14.7 Å². The van der Waals surface area contributed by atoms with Crippen LogP contribution in [0.25, 0.3) is 0 Å². The Morgan fingerprint density at radius 3 is 2.57 bits per heavy atom. The number of nitrogens with one attached hydrogen (secondary N) is 1. The first-order valence-electron chi connectivity index (χ1n) is 7.03. The Balaban J connectivity index is 1.85. The fraction of sp³-hybridized carbons (Fsp3) is 0.467. The lowest BCUT2D eigenvalue weighted by Gasteiger charge is -2.26. The van der Waals surface area contributed by atoms with Gasteiger partial charge in [0.15, 0.2) is 0 Å². The third kappa shape index (κ3) is 4.20. The van der Waals surface area contributed by atoms with Crippen molar-refractivity contribution in [1.82, 2.24) is 5.32 Å². The molecular formula is C15H19BrN2O3. The van der Waals surface area contributed by atoms with Crippen LogP contribution in [0.1, 0.15) is 36.0 Å². The van der Waals surface area contributed by atoms with Gasteiger partial charge in [0.25, 0.3) is 5.91 Å². The zero-order valence-corrected chi connectivity index (χ0v) is 13.2. The Labute approximate surface area is 132 Å². The Kier molecular flexibility index (Phi) is 5.22. The van der Waals surface area contributed by atoms with Gasteiger partial charge in [-0.3, -0.25) is 9.59 Å². The highest BCUT2D eigenvalue weighted by Crippen LogP contribution is 2.28. The maximum Gasteiger partial charge on any atom is 0.306 e. The third-order valence-corrected chi connectivity index (χ3v) is 4.67. The molecule has 0 atom stereocenters. The number of carboxylic acids is 1. The molecule has 6 heteroatoms. The molecule has 1 aromatic rings. The first-order chi connectivity index (χ1) is 9.97. The van der Waals surface area contributed by atoms with Crippen LogP contribution in [0, 0.1) is 11.8 Å². The van der Waals surface area contributed by atoms with Crippen molar-refractivity contribution in [2.75, 3.05) is 12.3 Å².